The lowest BCUT2D eigenvalue weighted by molar-refractivity contribution is 0.0681. The molecule has 1 fully saturated rings. The molecule has 5 heteroatoms. The molecule has 1 saturated carbocycles. The minimum absolute atomic E-state index is 0.252. The first-order valence-electron chi connectivity index (χ1n) is 7.43. The van der Waals surface area contributed by atoms with E-state index in [4.69, 9.17) is 22.9 Å². The molecule has 1 aliphatic carbocycles. The van der Waals surface area contributed by atoms with Crippen LogP contribution in [0.1, 0.15) is 36.1 Å². The zero-order chi connectivity index (χ0) is 15.8. The molecule has 1 aromatic heterocycles. The first-order valence-corrected chi connectivity index (χ1v) is 7.84. The Morgan fingerprint density at radius 2 is 1.95 bits per heavy atom. The quantitative estimate of drug-likeness (QED) is 0.846. The van der Waals surface area contributed by atoms with Gasteiger partial charge in [-0.2, -0.15) is 0 Å². The number of nitrogens with zero attached hydrogens (tertiary/aromatic N) is 3. The van der Waals surface area contributed by atoms with Crippen LogP contribution in [0, 0.1) is 13.8 Å². The molecular weight excluding hydrogens is 280 g/mol. The van der Waals surface area contributed by atoms with Gasteiger partial charge in [0.25, 0.3) is 0 Å². The van der Waals surface area contributed by atoms with Crippen molar-refractivity contribution in [3.8, 4) is 0 Å². The Hall–Kier alpha value is -1.20. The summed E-state index contributed by atoms with van der Waals surface area (Å²) in [5, 5.41) is 0. The normalized spacial score (nSPS) is 16.7. The molecule has 1 heterocycles. The van der Waals surface area contributed by atoms with Gasteiger partial charge in [-0.1, -0.05) is 12.2 Å². The third kappa shape index (κ3) is 3.04. The summed E-state index contributed by atoms with van der Waals surface area (Å²) in [6.07, 6.45) is 3.77. The number of aromatic nitrogens is 1. The Bertz CT molecular complexity index is 549. The number of aryl methyl sites for hydroxylation is 2. The number of hydrogen-bond donors (Lipinski definition) is 1. The molecule has 21 heavy (non-hydrogen) atoms. The molecule has 2 rings (SSSR count). The molecule has 0 saturated heterocycles. The Morgan fingerprint density at radius 3 is 2.38 bits per heavy atom. The van der Waals surface area contributed by atoms with Gasteiger partial charge in [0, 0.05) is 24.8 Å². The van der Waals surface area contributed by atoms with Crippen LogP contribution in [0.5, 0.6) is 0 Å². The first kappa shape index (κ1) is 16.2. The van der Waals surface area contributed by atoms with Gasteiger partial charge in [-0.05, 0) is 58.8 Å². The van der Waals surface area contributed by atoms with E-state index in [-0.39, 0.29) is 5.54 Å². The Morgan fingerprint density at radius 1 is 1.33 bits per heavy atom. The molecule has 0 unspecified atom stereocenters. The number of nitrogens with two attached hydrogens (primary N) is 1. The maximum Gasteiger partial charge on any atom is 0.139 e. The number of rotatable bonds is 5. The van der Waals surface area contributed by atoms with Crippen molar-refractivity contribution < 1.29 is 0 Å². The zero-order valence-corrected chi connectivity index (χ0v) is 14.5. The second-order valence-corrected chi connectivity index (χ2v) is 6.91. The van der Waals surface area contributed by atoms with Crippen molar-refractivity contribution in [3.63, 3.8) is 0 Å². The molecule has 0 amide bonds. The molecule has 0 aromatic carbocycles. The van der Waals surface area contributed by atoms with Crippen LogP contribution in [0.4, 0.5) is 5.82 Å². The highest BCUT2D eigenvalue weighted by Crippen LogP contribution is 2.37. The van der Waals surface area contributed by atoms with E-state index in [0.29, 0.717) is 4.99 Å². The van der Waals surface area contributed by atoms with E-state index in [9.17, 15) is 0 Å². The van der Waals surface area contributed by atoms with Crippen LogP contribution in [0.25, 0.3) is 0 Å². The third-order valence-electron chi connectivity index (χ3n) is 4.70. The summed E-state index contributed by atoms with van der Waals surface area (Å²) >= 11 is 5.24. The van der Waals surface area contributed by atoms with Gasteiger partial charge in [0.05, 0.1) is 5.56 Å². The fourth-order valence-electron chi connectivity index (χ4n) is 3.25. The fourth-order valence-corrected chi connectivity index (χ4v) is 3.50. The average Bonchev–Trinajstić information content (AvgIpc) is 2.31. The lowest BCUT2D eigenvalue weighted by Gasteiger charge is -2.49. The Balaban J connectivity index is 2.35. The molecular formula is C16H26N4S. The highest BCUT2D eigenvalue weighted by atomic mass is 32.1. The van der Waals surface area contributed by atoms with Crippen molar-refractivity contribution in [1.82, 2.24) is 9.88 Å². The topological polar surface area (TPSA) is 45.4 Å². The third-order valence-corrected chi connectivity index (χ3v) is 4.90. The van der Waals surface area contributed by atoms with Crippen LogP contribution in [-0.4, -0.2) is 48.1 Å². The number of thiocarbonyl (C=S) groups is 1. The number of hydrogen-bond acceptors (Lipinski definition) is 4. The van der Waals surface area contributed by atoms with Crippen LogP contribution >= 0.6 is 12.2 Å². The van der Waals surface area contributed by atoms with Gasteiger partial charge in [0.1, 0.15) is 10.8 Å². The van der Waals surface area contributed by atoms with Gasteiger partial charge < -0.3 is 15.5 Å². The molecule has 1 aliphatic rings. The summed E-state index contributed by atoms with van der Waals surface area (Å²) in [4.78, 5) is 9.68. The summed E-state index contributed by atoms with van der Waals surface area (Å²) in [6, 6.07) is 2.04. The largest absolute Gasteiger partial charge is 0.389 e. The lowest BCUT2D eigenvalue weighted by atomic mass is 9.75. The maximum atomic E-state index is 5.93. The van der Waals surface area contributed by atoms with Crippen molar-refractivity contribution in [1.29, 1.82) is 0 Å². The Kier molecular flexibility index (Phi) is 4.54. The number of pyridine rings is 1. The predicted molar refractivity (Wildman–Crippen MR) is 93.1 cm³/mol. The maximum absolute atomic E-state index is 5.93. The van der Waals surface area contributed by atoms with Crippen molar-refractivity contribution in [2.24, 2.45) is 5.73 Å². The van der Waals surface area contributed by atoms with E-state index in [1.807, 2.05) is 19.9 Å². The number of anilines is 1. The second kappa shape index (κ2) is 5.89. The lowest BCUT2D eigenvalue weighted by Crippen LogP contribution is -2.57. The van der Waals surface area contributed by atoms with E-state index in [1.54, 1.807) is 0 Å². The van der Waals surface area contributed by atoms with E-state index in [0.717, 1.165) is 29.2 Å². The van der Waals surface area contributed by atoms with Crippen molar-refractivity contribution in [2.45, 2.75) is 38.6 Å². The smallest absolute Gasteiger partial charge is 0.139 e. The first-order chi connectivity index (χ1) is 9.77. The molecule has 0 radical (unpaired) electrons. The average molecular weight is 306 g/mol. The monoisotopic (exact) mass is 306 g/mol. The molecule has 1 aromatic rings. The summed E-state index contributed by atoms with van der Waals surface area (Å²) < 4.78 is 0. The van der Waals surface area contributed by atoms with Crippen LogP contribution in [-0.2, 0) is 0 Å². The highest BCUT2D eigenvalue weighted by molar-refractivity contribution is 7.80. The number of likely N-dealkylation sites (N-methyl/N-ethyl adjacent to an activating group) is 2. The molecule has 2 N–H and O–H groups in total. The molecule has 0 aliphatic heterocycles. The van der Waals surface area contributed by atoms with Crippen LogP contribution in [0.3, 0.4) is 0 Å². The van der Waals surface area contributed by atoms with Crippen LogP contribution in [0.15, 0.2) is 6.07 Å². The minimum Gasteiger partial charge on any atom is -0.389 e. The molecule has 0 bridgehead atoms. The SMILES string of the molecule is Cc1cc(C)c(C(N)=S)c(N(C)CC2(N(C)C)CCC2)n1. The van der Waals surface area contributed by atoms with Gasteiger partial charge >= 0.3 is 0 Å². The summed E-state index contributed by atoms with van der Waals surface area (Å²) in [7, 11) is 6.42. The summed E-state index contributed by atoms with van der Waals surface area (Å²) in [5.41, 5.74) is 9.19. The molecule has 116 valence electrons. The Labute approximate surface area is 133 Å². The van der Waals surface area contributed by atoms with Crippen molar-refractivity contribution in [2.75, 3.05) is 32.6 Å². The zero-order valence-electron chi connectivity index (χ0n) is 13.7. The summed E-state index contributed by atoms with van der Waals surface area (Å²) in [5.74, 6) is 0.910. The molecule has 0 spiro atoms. The van der Waals surface area contributed by atoms with E-state index >= 15 is 0 Å². The molecule has 0 atom stereocenters. The van der Waals surface area contributed by atoms with Crippen molar-refractivity contribution >= 4 is 23.0 Å². The van der Waals surface area contributed by atoms with Gasteiger partial charge in [-0.3, -0.25) is 0 Å². The summed E-state index contributed by atoms with van der Waals surface area (Å²) in [6.45, 7) is 5.01. The fraction of sp³-hybridized carbons (Fsp3) is 0.625. The standard InChI is InChI=1S/C16H26N4S/c1-11-9-12(2)18-15(13(11)14(17)21)20(5)10-16(19(3)4)7-6-8-16/h9H,6-8,10H2,1-5H3,(H2,17,21). The van der Waals surface area contributed by atoms with E-state index in [1.165, 1.54) is 19.3 Å². The van der Waals surface area contributed by atoms with Gasteiger partial charge in [-0.15, -0.1) is 0 Å². The van der Waals surface area contributed by atoms with Gasteiger partial charge in [-0.25, -0.2) is 4.98 Å². The van der Waals surface area contributed by atoms with Gasteiger partial charge in [0.15, 0.2) is 0 Å². The minimum atomic E-state index is 0.252. The van der Waals surface area contributed by atoms with Crippen LogP contribution < -0.4 is 10.6 Å². The second-order valence-electron chi connectivity index (χ2n) is 6.47. The van der Waals surface area contributed by atoms with E-state index in [2.05, 4.69) is 30.9 Å². The van der Waals surface area contributed by atoms with E-state index < -0.39 is 0 Å². The molecule has 4 nitrogen and oxygen atoms in total. The van der Waals surface area contributed by atoms with Crippen LogP contribution in [0.2, 0.25) is 0 Å². The highest BCUT2D eigenvalue weighted by Gasteiger charge is 2.40. The predicted octanol–water partition coefficient (Wildman–Crippen LogP) is 2.25. The van der Waals surface area contributed by atoms with Crippen molar-refractivity contribution in [3.05, 3.63) is 22.9 Å². The van der Waals surface area contributed by atoms with Gasteiger partial charge in [0.2, 0.25) is 0 Å².